The Morgan fingerprint density at radius 2 is 2.11 bits per heavy atom. The van der Waals surface area contributed by atoms with Gasteiger partial charge in [-0.25, -0.2) is 4.99 Å². The predicted octanol–water partition coefficient (Wildman–Crippen LogP) is 2.72. The lowest BCUT2D eigenvalue weighted by Gasteiger charge is -2.36. The summed E-state index contributed by atoms with van der Waals surface area (Å²) in [7, 11) is 3.49. The van der Waals surface area contributed by atoms with E-state index in [2.05, 4.69) is 51.5 Å². The summed E-state index contributed by atoms with van der Waals surface area (Å²) < 4.78 is 0. The molecule has 0 radical (unpaired) electrons. The lowest BCUT2D eigenvalue weighted by atomic mass is 9.97. The van der Waals surface area contributed by atoms with E-state index in [0.29, 0.717) is 18.5 Å². The molecule has 0 aliphatic carbocycles. The minimum Gasteiger partial charge on any atom is -0.354 e. The maximum absolute atomic E-state index is 11.9. The lowest BCUT2D eigenvalue weighted by molar-refractivity contribution is -0.127. The average Bonchev–Trinajstić information content (AvgIpc) is 3.18. The number of thiophene rings is 1. The summed E-state index contributed by atoms with van der Waals surface area (Å²) in [6.07, 6.45) is 2.49. The average molecular weight is 406 g/mol. The van der Waals surface area contributed by atoms with Gasteiger partial charge in [0.2, 0.25) is 5.91 Å². The second-order valence-corrected chi connectivity index (χ2v) is 8.87. The molecule has 1 unspecified atom stereocenters. The summed E-state index contributed by atoms with van der Waals surface area (Å²) in [6, 6.07) is 4.64. The third-order valence-corrected chi connectivity index (χ3v) is 6.00. The molecule has 1 atom stereocenters. The molecule has 0 bridgehead atoms. The Labute approximate surface area is 173 Å². The maximum atomic E-state index is 11.9. The molecule has 28 heavy (non-hydrogen) atoms. The highest BCUT2D eigenvalue weighted by atomic mass is 32.1. The molecule has 156 valence electrons. The third-order valence-electron chi connectivity index (χ3n) is 5.02. The van der Waals surface area contributed by atoms with Crippen molar-refractivity contribution in [2.75, 3.05) is 46.8 Å². The van der Waals surface area contributed by atoms with Crippen molar-refractivity contribution in [3.63, 3.8) is 0 Å². The molecule has 6 nitrogen and oxygen atoms in total. The molecule has 2 N–H and O–H groups in total. The first-order valence-electron chi connectivity index (χ1n) is 10.0. The monoisotopic (exact) mass is 405 g/mol. The summed E-state index contributed by atoms with van der Waals surface area (Å²) in [5, 5.41) is 8.87. The first-order chi connectivity index (χ1) is 13.4. The zero-order valence-electron chi connectivity index (χ0n) is 17.7. The fraction of sp³-hybridized carbons (Fsp3) is 0.619. The van der Waals surface area contributed by atoms with Crippen LogP contribution < -0.4 is 10.6 Å². The van der Waals surface area contributed by atoms with Crippen LogP contribution in [0.25, 0.3) is 0 Å². The van der Waals surface area contributed by atoms with Gasteiger partial charge in [0, 0.05) is 32.1 Å². The van der Waals surface area contributed by atoms with Crippen molar-refractivity contribution in [1.29, 1.82) is 0 Å². The van der Waals surface area contributed by atoms with Crippen molar-refractivity contribution >= 4 is 23.2 Å². The fourth-order valence-electron chi connectivity index (χ4n) is 3.12. The van der Waals surface area contributed by atoms with Gasteiger partial charge in [0.15, 0.2) is 5.96 Å². The number of aliphatic imine (C=N–C) groups is 1. The minimum absolute atomic E-state index is 0.0174. The second-order valence-electron chi connectivity index (χ2n) is 7.89. The van der Waals surface area contributed by atoms with E-state index in [4.69, 9.17) is 0 Å². The molecule has 1 aliphatic rings. The fourth-order valence-corrected chi connectivity index (χ4v) is 3.98. The zero-order valence-corrected chi connectivity index (χ0v) is 18.5. The number of nitrogens with zero attached hydrogens (tertiary/aromatic N) is 3. The number of likely N-dealkylation sites (N-methyl/N-ethyl adjacent to an activating group) is 1. The lowest BCUT2D eigenvalue weighted by Crippen LogP contribution is -2.45. The molecule has 1 aromatic heterocycles. The first-order valence-corrected chi connectivity index (χ1v) is 10.9. The van der Waals surface area contributed by atoms with E-state index in [0.717, 1.165) is 31.1 Å². The van der Waals surface area contributed by atoms with Crippen molar-refractivity contribution in [3.8, 4) is 0 Å². The Morgan fingerprint density at radius 3 is 2.68 bits per heavy atom. The number of carbonyl (C=O) groups excluding carboxylic acids is 1. The summed E-state index contributed by atoms with van der Waals surface area (Å²) in [5.41, 5.74) is 1.02. The van der Waals surface area contributed by atoms with Crippen molar-refractivity contribution in [2.45, 2.75) is 32.7 Å². The van der Waals surface area contributed by atoms with Gasteiger partial charge in [0.1, 0.15) is 6.54 Å². The van der Waals surface area contributed by atoms with Gasteiger partial charge in [-0.2, -0.15) is 0 Å². The largest absolute Gasteiger partial charge is 0.354 e. The van der Waals surface area contributed by atoms with Crippen LogP contribution in [0.5, 0.6) is 0 Å². The van der Waals surface area contributed by atoms with Crippen LogP contribution in [0.1, 0.15) is 37.6 Å². The van der Waals surface area contributed by atoms with Crippen molar-refractivity contribution in [2.24, 2.45) is 10.9 Å². The van der Waals surface area contributed by atoms with Gasteiger partial charge in [-0.1, -0.05) is 25.1 Å². The number of rotatable bonds is 8. The van der Waals surface area contributed by atoms with Crippen LogP contribution in [0.2, 0.25) is 0 Å². The molecule has 1 saturated heterocycles. The van der Waals surface area contributed by atoms with Gasteiger partial charge in [0.25, 0.3) is 0 Å². The number of hydrogen-bond donors (Lipinski definition) is 2. The summed E-state index contributed by atoms with van der Waals surface area (Å²) in [5.74, 6) is 1.45. The second kappa shape index (κ2) is 11.2. The Kier molecular flexibility index (Phi) is 8.99. The van der Waals surface area contributed by atoms with Crippen LogP contribution in [0, 0.1) is 5.92 Å². The number of hydrogen-bond acceptors (Lipinski definition) is 4. The number of likely N-dealkylation sites (tertiary alicyclic amines) is 1. The van der Waals surface area contributed by atoms with Crippen LogP contribution in [0.15, 0.2) is 34.7 Å². The molecule has 2 rings (SSSR count). The maximum Gasteiger partial charge on any atom is 0.243 e. The molecule has 1 fully saturated rings. The molecule has 1 amide bonds. The molecule has 2 heterocycles. The first kappa shape index (κ1) is 22.4. The molecule has 1 aliphatic heterocycles. The van der Waals surface area contributed by atoms with E-state index in [1.165, 1.54) is 17.7 Å². The van der Waals surface area contributed by atoms with Crippen LogP contribution in [0.4, 0.5) is 0 Å². The molecule has 1 aromatic rings. The van der Waals surface area contributed by atoms with E-state index in [1.54, 1.807) is 30.3 Å². The van der Waals surface area contributed by atoms with Crippen LogP contribution >= 0.6 is 11.3 Å². The van der Waals surface area contributed by atoms with Crippen LogP contribution in [-0.2, 0) is 4.79 Å². The Bertz CT molecular complexity index is 648. The van der Waals surface area contributed by atoms with Gasteiger partial charge in [-0.3, -0.25) is 9.69 Å². The minimum atomic E-state index is -0.0174. The van der Waals surface area contributed by atoms with Gasteiger partial charge >= 0.3 is 0 Å². The van der Waals surface area contributed by atoms with Gasteiger partial charge in [0.05, 0.1) is 6.04 Å². The van der Waals surface area contributed by atoms with Crippen LogP contribution in [-0.4, -0.2) is 68.5 Å². The van der Waals surface area contributed by atoms with E-state index < -0.39 is 0 Å². The normalized spacial score (nSPS) is 17.2. The van der Waals surface area contributed by atoms with Gasteiger partial charge in [-0.15, -0.1) is 11.3 Å². The number of guanidine groups is 1. The molecule has 0 aromatic carbocycles. The quantitative estimate of drug-likeness (QED) is 0.397. The number of carbonyl (C=O) groups is 1. The van der Waals surface area contributed by atoms with E-state index in [-0.39, 0.29) is 12.5 Å². The summed E-state index contributed by atoms with van der Waals surface area (Å²) in [6.45, 7) is 12.0. The SMILES string of the molecule is C=C(C)CNC(=NCC(=O)N(C)C)NCC(c1cccs1)N1CCC(C)CC1. The number of amides is 1. The smallest absolute Gasteiger partial charge is 0.243 e. The van der Waals surface area contributed by atoms with Crippen molar-refractivity contribution < 1.29 is 4.79 Å². The Balaban J connectivity index is 2.05. The Morgan fingerprint density at radius 1 is 1.39 bits per heavy atom. The Hall–Kier alpha value is -1.86. The molecule has 7 heteroatoms. The molecule has 0 spiro atoms. The van der Waals surface area contributed by atoms with Gasteiger partial charge in [-0.05, 0) is 50.2 Å². The highest BCUT2D eigenvalue weighted by Gasteiger charge is 2.25. The third kappa shape index (κ3) is 7.28. The number of nitrogens with one attached hydrogen (secondary N) is 2. The predicted molar refractivity (Wildman–Crippen MR) is 119 cm³/mol. The summed E-state index contributed by atoms with van der Waals surface area (Å²) in [4.78, 5) is 21.9. The molecule has 0 saturated carbocycles. The van der Waals surface area contributed by atoms with E-state index in [9.17, 15) is 4.79 Å². The standard InChI is InChI=1S/C21H35N5OS/c1-16(2)13-22-21(24-15-20(27)25(4)5)23-14-18(19-7-6-12-28-19)26-10-8-17(3)9-11-26/h6-7,12,17-18H,1,8-11,13-15H2,2-5H3,(H2,22,23,24). The summed E-state index contributed by atoms with van der Waals surface area (Å²) >= 11 is 1.80. The van der Waals surface area contributed by atoms with Crippen LogP contribution in [0.3, 0.4) is 0 Å². The zero-order chi connectivity index (χ0) is 20.5. The highest BCUT2D eigenvalue weighted by Crippen LogP contribution is 2.29. The van der Waals surface area contributed by atoms with Gasteiger partial charge < -0.3 is 15.5 Å². The van der Waals surface area contributed by atoms with Crippen molar-refractivity contribution in [1.82, 2.24) is 20.4 Å². The highest BCUT2D eigenvalue weighted by molar-refractivity contribution is 7.10. The van der Waals surface area contributed by atoms with E-state index in [1.807, 2.05) is 6.92 Å². The van der Waals surface area contributed by atoms with Crippen molar-refractivity contribution in [3.05, 3.63) is 34.5 Å². The van der Waals surface area contributed by atoms with E-state index >= 15 is 0 Å². The molecular formula is C21H35N5OS. The topological polar surface area (TPSA) is 60.0 Å². The molecular weight excluding hydrogens is 370 g/mol. The number of piperidine rings is 1.